The molecule has 10 heteroatoms. The summed E-state index contributed by atoms with van der Waals surface area (Å²) in [5, 5.41) is 3.13. The Morgan fingerprint density at radius 1 is 1.19 bits per heavy atom. The van der Waals surface area contributed by atoms with Crippen molar-refractivity contribution in [1.29, 1.82) is 0 Å². The average Bonchev–Trinajstić information content (AvgIpc) is 2.71. The summed E-state index contributed by atoms with van der Waals surface area (Å²) < 4.78 is 5.49. The summed E-state index contributed by atoms with van der Waals surface area (Å²) in [6.07, 6.45) is 3.66. The number of carbonyl (C=O) groups excluding carboxylic acids is 3. The first-order valence-electron chi connectivity index (χ1n) is 10.5. The van der Waals surface area contributed by atoms with E-state index < -0.39 is 11.5 Å². The molecule has 3 amide bonds. The number of hydrogen-bond donors (Lipinski definition) is 3. The second-order valence-corrected chi connectivity index (χ2v) is 8.91. The molecule has 0 radical (unpaired) electrons. The van der Waals surface area contributed by atoms with Crippen LogP contribution >= 0.6 is 11.6 Å². The molecule has 2 rings (SSSR count). The molecule has 0 aliphatic heterocycles. The number of nitrogens with one attached hydrogen (secondary N) is 3. The van der Waals surface area contributed by atoms with Crippen molar-refractivity contribution in [2.45, 2.75) is 65.0 Å². The van der Waals surface area contributed by atoms with Gasteiger partial charge in [-0.3, -0.25) is 20.4 Å². The summed E-state index contributed by atoms with van der Waals surface area (Å²) in [6, 6.07) is 1.57. The molecular weight excluding hydrogens is 422 g/mol. The van der Waals surface area contributed by atoms with Crippen molar-refractivity contribution in [2.24, 2.45) is 5.92 Å². The zero-order valence-corrected chi connectivity index (χ0v) is 19.5. The van der Waals surface area contributed by atoms with Crippen molar-refractivity contribution in [3.8, 4) is 0 Å². The van der Waals surface area contributed by atoms with Gasteiger partial charge in [-0.1, -0.05) is 11.6 Å². The van der Waals surface area contributed by atoms with E-state index in [2.05, 4.69) is 21.2 Å². The number of halogens is 1. The lowest BCUT2D eigenvalue weighted by molar-refractivity contribution is -0.127. The lowest BCUT2D eigenvalue weighted by atomic mass is 9.85. The van der Waals surface area contributed by atoms with Gasteiger partial charge in [0.15, 0.2) is 0 Å². The van der Waals surface area contributed by atoms with E-state index in [0.29, 0.717) is 37.9 Å². The zero-order valence-electron chi connectivity index (χ0n) is 18.8. The minimum atomic E-state index is -0.549. The SMILES string of the molecule is CCN(C(=O)OC(C)(C)C)C1CCC(C(=O)NNC(=O)c2cnc(Cl)cc2NC)CC1. The normalized spacial score (nSPS) is 18.6. The van der Waals surface area contributed by atoms with Crippen LogP contribution in [0.1, 0.15) is 63.7 Å². The van der Waals surface area contributed by atoms with Gasteiger partial charge in [0.1, 0.15) is 10.8 Å². The van der Waals surface area contributed by atoms with Gasteiger partial charge in [-0.2, -0.15) is 0 Å². The van der Waals surface area contributed by atoms with E-state index in [-0.39, 0.29) is 34.7 Å². The van der Waals surface area contributed by atoms with Crippen LogP contribution in [0, 0.1) is 5.92 Å². The predicted octanol–water partition coefficient (Wildman–Crippen LogP) is 3.35. The van der Waals surface area contributed by atoms with Crippen LogP contribution in [0.4, 0.5) is 10.5 Å². The van der Waals surface area contributed by atoms with Gasteiger partial charge in [-0.05, 0) is 59.4 Å². The Hall–Kier alpha value is -2.55. The summed E-state index contributed by atoms with van der Waals surface area (Å²) in [5.41, 5.74) is 5.16. The smallest absolute Gasteiger partial charge is 0.410 e. The van der Waals surface area contributed by atoms with E-state index in [0.717, 1.165) is 0 Å². The van der Waals surface area contributed by atoms with Gasteiger partial charge in [0.25, 0.3) is 5.91 Å². The van der Waals surface area contributed by atoms with Crippen molar-refractivity contribution in [3.63, 3.8) is 0 Å². The molecule has 1 heterocycles. The zero-order chi connectivity index (χ0) is 23.2. The van der Waals surface area contributed by atoms with Crippen LogP contribution in [0.15, 0.2) is 12.3 Å². The Morgan fingerprint density at radius 2 is 1.84 bits per heavy atom. The number of ether oxygens (including phenoxy) is 1. The van der Waals surface area contributed by atoms with E-state index in [1.165, 1.54) is 12.3 Å². The van der Waals surface area contributed by atoms with Crippen LogP contribution in [0.5, 0.6) is 0 Å². The van der Waals surface area contributed by atoms with Crippen LogP contribution in [0.3, 0.4) is 0 Å². The molecule has 1 aliphatic carbocycles. The van der Waals surface area contributed by atoms with Crippen LogP contribution in [0.25, 0.3) is 0 Å². The van der Waals surface area contributed by atoms with Crippen molar-refractivity contribution in [2.75, 3.05) is 18.9 Å². The maximum Gasteiger partial charge on any atom is 0.410 e. The number of pyridine rings is 1. The average molecular weight is 454 g/mol. The molecular formula is C21H32ClN5O4. The highest BCUT2D eigenvalue weighted by Gasteiger charge is 2.33. The summed E-state index contributed by atoms with van der Waals surface area (Å²) in [6.45, 7) is 7.99. The molecule has 1 fully saturated rings. The molecule has 1 saturated carbocycles. The minimum Gasteiger partial charge on any atom is -0.444 e. The summed E-state index contributed by atoms with van der Waals surface area (Å²) in [4.78, 5) is 43.0. The van der Waals surface area contributed by atoms with Crippen LogP contribution in [0.2, 0.25) is 5.15 Å². The maximum atomic E-state index is 12.5. The number of carbonyl (C=O) groups is 3. The molecule has 0 spiro atoms. The van der Waals surface area contributed by atoms with Gasteiger partial charge in [0.2, 0.25) is 5.91 Å². The Labute approximate surface area is 188 Å². The van der Waals surface area contributed by atoms with Crippen molar-refractivity contribution in [1.82, 2.24) is 20.7 Å². The van der Waals surface area contributed by atoms with Crippen LogP contribution < -0.4 is 16.2 Å². The Kier molecular flexibility index (Phi) is 8.50. The summed E-state index contributed by atoms with van der Waals surface area (Å²) in [5.74, 6) is -0.973. The Bertz CT molecular complexity index is 803. The van der Waals surface area contributed by atoms with Crippen molar-refractivity contribution >= 4 is 35.2 Å². The van der Waals surface area contributed by atoms with Gasteiger partial charge in [0.05, 0.1) is 11.3 Å². The van der Waals surface area contributed by atoms with E-state index >= 15 is 0 Å². The first-order valence-corrected chi connectivity index (χ1v) is 10.9. The lowest BCUT2D eigenvalue weighted by Gasteiger charge is -2.36. The largest absolute Gasteiger partial charge is 0.444 e. The second kappa shape index (κ2) is 10.7. The highest BCUT2D eigenvalue weighted by atomic mass is 35.5. The number of amides is 3. The number of hydrazine groups is 1. The molecule has 9 nitrogen and oxygen atoms in total. The molecule has 1 aromatic rings. The maximum absolute atomic E-state index is 12.5. The number of hydrogen-bond acceptors (Lipinski definition) is 6. The number of rotatable bonds is 5. The fourth-order valence-electron chi connectivity index (χ4n) is 3.61. The summed E-state index contributed by atoms with van der Waals surface area (Å²) >= 11 is 5.84. The molecule has 0 bridgehead atoms. The molecule has 0 aromatic carbocycles. The van der Waals surface area contributed by atoms with E-state index in [1.54, 1.807) is 11.9 Å². The molecule has 172 valence electrons. The quantitative estimate of drug-likeness (QED) is 0.465. The molecule has 1 aromatic heterocycles. The van der Waals surface area contributed by atoms with Crippen LogP contribution in [-0.2, 0) is 9.53 Å². The fourth-order valence-corrected chi connectivity index (χ4v) is 3.77. The van der Waals surface area contributed by atoms with Gasteiger partial charge in [-0.15, -0.1) is 0 Å². The number of nitrogens with zero attached hydrogens (tertiary/aromatic N) is 2. The molecule has 0 unspecified atom stereocenters. The van der Waals surface area contributed by atoms with Gasteiger partial charge in [0, 0.05) is 31.7 Å². The molecule has 0 saturated heterocycles. The first-order chi connectivity index (χ1) is 14.6. The number of anilines is 1. The first kappa shape index (κ1) is 24.7. The second-order valence-electron chi connectivity index (χ2n) is 8.52. The van der Waals surface area contributed by atoms with E-state index in [9.17, 15) is 14.4 Å². The van der Waals surface area contributed by atoms with Crippen molar-refractivity contribution in [3.05, 3.63) is 23.0 Å². The molecule has 0 atom stereocenters. The molecule has 31 heavy (non-hydrogen) atoms. The number of aromatic nitrogens is 1. The van der Waals surface area contributed by atoms with E-state index in [1.807, 2.05) is 27.7 Å². The summed E-state index contributed by atoms with van der Waals surface area (Å²) in [7, 11) is 1.66. The Balaban J connectivity index is 1.86. The van der Waals surface area contributed by atoms with E-state index in [4.69, 9.17) is 16.3 Å². The van der Waals surface area contributed by atoms with Gasteiger partial charge < -0.3 is 15.0 Å². The van der Waals surface area contributed by atoms with Gasteiger partial charge >= 0.3 is 6.09 Å². The highest BCUT2D eigenvalue weighted by molar-refractivity contribution is 6.29. The third-order valence-electron chi connectivity index (χ3n) is 5.16. The lowest BCUT2D eigenvalue weighted by Crippen LogP contribution is -2.48. The van der Waals surface area contributed by atoms with Gasteiger partial charge in [-0.25, -0.2) is 9.78 Å². The minimum absolute atomic E-state index is 0.0387. The third-order valence-corrected chi connectivity index (χ3v) is 5.37. The topological polar surface area (TPSA) is 113 Å². The molecule has 1 aliphatic rings. The van der Waals surface area contributed by atoms with Crippen LogP contribution in [-0.4, -0.2) is 53.0 Å². The van der Waals surface area contributed by atoms with Crippen molar-refractivity contribution < 1.29 is 19.1 Å². The highest BCUT2D eigenvalue weighted by Crippen LogP contribution is 2.28. The standard InChI is InChI=1S/C21H32ClN5O4/c1-6-27(20(30)31-21(2,3)4)14-9-7-13(8-10-14)18(28)25-26-19(29)15-12-24-17(22)11-16(15)23-5/h11-14H,6-10H2,1-5H3,(H,23,24)(H,25,28)(H,26,29). The monoisotopic (exact) mass is 453 g/mol. The molecule has 3 N–H and O–H groups in total. The predicted molar refractivity (Wildman–Crippen MR) is 119 cm³/mol. The third kappa shape index (κ3) is 6.99. The Morgan fingerprint density at radius 3 is 2.39 bits per heavy atom. The fraction of sp³-hybridized carbons (Fsp3) is 0.619.